The van der Waals surface area contributed by atoms with Gasteiger partial charge in [-0.1, -0.05) is 0 Å². The second kappa shape index (κ2) is 10.8. The van der Waals surface area contributed by atoms with E-state index in [2.05, 4.69) is 97.9 Å². The Kier molecular flexibility index (Phi) is 9.50. The Balaban J connectivity index is 0.00000156. The maximum Gasteiger partial charge on any atom is -0.197 e. The molecule has 0 bridgehead atoms. The fourth-order valence-electron chi connectivity index (χ4n) is 3.54. The summed E-state index contributed by atoms with van der Waals surface area (Å²) in [6.45, 7) is 2.29. The van der Waals surface area contributed by atoms with Crippen molar-refractivity contribution < 1.29 is 0 Å². The second-order valence-corrected chi connectivity index (χ2v) is 10.1. The standard InChI is InChI=1S/C22H25P.BrH.H2S/c1-2-3-19-23(20-13-7-4-8-14-20,21-15-9-5-10-16-21)22-17-11-6-12-18-22;;/h4-18,23H,2-3,19H2,1H3;1H;1H2. The third-order valence-electron chi connectivity index (χ3n) is 4.71. The zero-order chi connectivity index (χ0) is 16.0. The van der Waals surface area contributed by atoms with Gasteiger partial charge in [0, 0.05) is 0 Å². The molecule has 0 N–H and O–H groups in total. The topological polar surface area (TPSA) is 0 Å². The molecule has 0 saturated heterocycles. The molecular weight excluding hydrogens is 407 g/mol. The Morgan fingerprint density at radius 1 is 0.600 bits per heavy atom. The molecule has 3 aromatic rings. The molecular formula is C22H28BrPS. The van der Waals surface area contributed by atoms with Crippen molar-refractivity contribution in [3.63, 3.8) is 0 Å². The van der Waals surface area contributed by atoms with E-state index in [0.717, 1.165) is 0 Å². The van der Waals surface area contributed by atoms with Gasteiger partial charge in [0.1, 0.15) is 0 Å². The zero-order valence-corrected chi connectivity index (χ0v) is 18.4. The third kappa shape index (κ3) is 4.76. The molecule has 3 aromatic carbocycles. The summed E-state index contributed by atoms with van der Waals surface area (Å²) in [6, 6.07) is 33.5. The minimum atomic E-state index is -1.94. The van der Waals surface area contributed by atoms with Crippen LogP contribution in [0.1, 0.15) is 19.8 Å². The molecule has 0 spiro atoms. The fraction of sp³-hybridized carbons (Fsp3) is 0.182. The van der Waals surface area contributed by atoms with Crippen molar-refractivity contribution >= 4 is 53.7 Å². The van der Waals surface area contributed by atoms with E-state index in [9.17, 15) is 0 Å². The fourth-order valence-corrected chi connectivity index (χ4v) is 8.58. The molecule has 0 radical (unpaired) electrons. The summed E-state index contributed by atoms with van der Waals surface area (Å²) in [5, 5.41) is 4.56. The second-order valence-electron chi connectivity index (χ2n) is 6.11. The van der Waals surface area contributed by atoms with Gasteiger partial charge >= 0.3 is 140 Å². The first-order valence-electron chi connectivity index (χ1n) is 8.54. The average Bonchev–Trinajstić information content (AvgIpc) is 2.65. The van der Waals surface area contributed by atoms with Crippen molar-refractivity contribution in [2.24, 2.45) is 0 Å². The van der Waals surface area contributed by atoms with E-state index in [1.54, 1.807) is 0 Å². The van der Waals surface area contributed by atoms with E-state index in [1.165, 1.54) is 34.9 Å². The van der Waals surface area contributed by atoms with E-state index in [1.807, 2.05) is 0 Å². The van der Waals surface area contributed by atoms with E-state index in [0.29, 0.717) is 0 Å². The van der Waals surface area contributed by atoms with Gasteiger partial charge in [-0.3, -0.25) is 0 Å². The smallest absolute Gasteiger partial charge is 0.197 e. The van der Waals surface area contributed by atoms with E-state index >= 15 is 0 Å². The van der Waals surface area contributed by atoms with Crippen LogP contribution in [-0.2, 0) is 0 Å². The van der Waals surface area contributed by atoms with Crippen LogP contribution in [-0.4, -0.2) is 6.16 Å². The maximum atomic E-state index is 2.34. The molecule has 0 unspecified atom stereocenters. The molecule has 0 aliphatic carbocycles. The van der Waals surface area contributed by atoms with Crippen LogP contribution in [0, 0.1) is 0 Å². The summed E-state index contributed by atoms with van der Waals surface area (Å²) < 4.78 is 0. The minimum Gasteiger partial charge on any atom is -0.197 e. The maximum absolute atomic E-state index is 2.34. The van der Waals surface area contributed by atoms with Gasteiger partial charge in [-0.15, -0.1) is 17.0 Å². The molecule has 0 atom stereocenters. The monoisotopic (exact) mass is 434 g/mol. The van der Waals surface area contributed by atoms with Gasteiger partial charge in [-0.25, -0.2) is 0 Å². The van der Waals surface area contributed by atoms with Crippen LogP contribution < -0.4 is 15.9 Å². The summed E-state index contributed by atoms with van der Waals surface area (Å²) in [5.74, 6) is 0. The first-order chi connectivity index (χ1) is 11.4. The van der Waals surface area contributed by atoms with Crippen LogP contribution in [0.3, 0.4) is 0 Å². The van der Waals surface area contributed by atoms with E-state index in [-0.39, 0.29) is 30.5 Å². The van der Waals surface area contributed by atoms with Crippen LogP contribution in [0.2, 0.25) is 0 Å². The van der Waals surface area contributed by atoms with Crippen LogP contribution in [0.15, 0.2) is 91.0 Å². The average molecular weight is 435 g/mol. The molecule has 0 amide bonds. The molecule has 0 aliphatic rings. The predicted molar refractivity (Wildman–Crippen MR) is 127 cm³/mol. The summed E-state index contributed by atoms with van der Waals surface area (Å²) in [7, 11) is -1.94. The summed E-state index contributed by atoms with van der Waals surface area (Å²) in [4.78, 5) is 0. The predicted octanol–water partition coefficient (Wildman–Crippen LogP) is 5.20. The van der Waals surface area contributed by atoms with Crippen molar-refractivity contribution in [1.82, 2.24) is 0 Å². The molecule has 0 fully saturated rings. The Bertz CT molecular complexity index is 620. The number of hydrogen-bond donors (Lipinski definition) is 0. The minimum absolute atomic E-state index is 0. The number of unbranched alkanes of at least 4 members (excludes halogenated alkanes) is 1. The van der Waals surface area contributed by atoms with Crippen molar-refractivity contribution in [1.29, 1.82) is 0 Å². The Morgan fingerprint density at radius 3 is 1.20 bits per heavy atom. The normalized spacial score (nSPS) is 11.1. The first-order valence-corrected chi connectivity index (χ1v) is 10.7. The molecule has 0 aromatic heterocycles. The van der Waals surface area contributed by atoms with Crippen LogP contribution in [0.25, 0.3) is 0 Å². The van der Waals surface area contributed by atoms with E-state index in [4.69, 9.17) is 0 Å². The molecule has 3 rings (SSSR count). The molecule has 0 aliphatic heterocycles. The van der Waals surface area contributed by atoms with Crippen molar-refractivity contribution in [2.45, 2.75) is 19.8 Å². The number of hydrogen-bond acceptors (Lipinski definition) is 0. The third-order valence-corrected chi connectivity index (χ3v) is 9.77. The van der Waals surface area contributed by atoms with Crippen molar-refractivity contribution in [3.8, 4) is 0 Å². The molecule has 25 heavy (non-hydrogen) atoms. The van der Waals surface area contributed by atoms with Gasteiger partial charge in [-0.2, -0.15) is 13.5 Å². The van der Waals surface area contributed by atoms with Gasteiger partial charge < -0.3 is 0 Å². The molecule has 3 heteroatoms. The number of benzene rings is 3. The molecule has 0 saturated carbocycles. The van der Waals surface area contributed by atoms with Crippen LogP contribution in [0.5, 0.6) is 0 Å². The first kappa shape index (κ1) is 22.0. The molecule has 134 valence electrons. The van der Waals surface area contributed by atoms with Gasteiger partial charge in [0.25, 0.3) is 0 Å². The zero-order valence-electron chi connectivity index (χ0n) is 14.7. The summed E-state index contributed by atoms with van der Waals surface area (Å²) in [6.07, 6.45) is 3.77. The Labute approximate surface area is 170 Å². The van der Waals surface area contributed by atoms with Crippen LogP contribution in [0.4, 0.5) is 0 Å². The quantitative estimate of drug-likeness (QED) is 0.467. The molecule has 0 heterocycles. The van der Waals surface area contributed by atoms with E-state index < -0.39 is 7.26 Å². The SMILES string of the molecule is Br.CCCC[PH](c1ccccc1)(c1ccccc1)c1ccccc1.S. The van der Waals surface area contributed by atoms with Crippen molar-refractivity contribution in [2.75, 3.05) is 6.16 Å². The summed E-state index contributed by atoms with van der Waals surface area (Å²) >= 11 is 0. The number of rotatable bonds is 6. The van der Waals surface area contributed by atoms with Gasteiger partial charge in [0.2, 0.25) is 0 Å². The number of halogens is 1. The Hall–Kier alpha value is -1.08. The van der Waals surface area contributed by atoms with Gasteiger partial charge in [-0.05, 0) is 0 Å². The largest absolute Gasteiger partial charge is 0.197 e. The summed E-state index contributed by atoms with van der Waals surface area (Å²) in [5.41, 5.74) is 0. The van der Waals surface area contributed by atoms with Crippen molar-refractivity contribution in [3.05, 3.63) is 91.0 Å². The molecule has 0 nitrogen and oxygen atoms in total. The Morgan fingerprint density at radius 2 is 0.920 bits per heavy atom. The van der Waals surface area contributed by atoms with Gasteiger partial charge in [0.15, 0.2) is 0 Å². The van der Waals surface area contributed by atoms with Gasteiger partial charge in [0.05, 0.1) is 0 Å². The van der Waals surface area contributed by atoms with Crippen LogP contribution >= 0.6 is 37.7 Å².